The van der Waals surface area contributed by atoms with Gasteiger partial charge in [-0.15, -0.1) is 0 Å². The van der Waals surface area contributed by atoms with Crippen LogP contribution in [0.1, 0.15) is 25.7 Å². The average Bonchev–Trinajstić information content (AvgIpc) is 3.34. The van der Waals surface area contributed by atoms with Gasteiger partial charge in [0.25, 0.3) is 0 Å². The van der Waals surface area contributed by atoms with Crippen LogP contribution in [0.2, 0.25) is 0 Å². The lowest BCUT2D eigenvalue weighted by atomic mass is 10.00. The highest BCUT2D eigenvalue weighted by molar-refractivity contribution is 7.89. The Morgan fingerprint density at radius 2 is 2.05 bits per heavy atom. The SMILES string of the molecule is CNS(=O)(=O)c1ccc(NC2CCOC(C3CC3)C2)c(F)c1. The summed E-state index contributed by atoms with van der Waals surface area (Å²) in [7, 11) is -2.32. The number of hydrogen-bond donors (Lipinski definition) is 2. The molecule has 1 aromatic carbocycles. The molecular weight excluding hydrogens is 307 g/mol. The Morgan fingerprint density at radius 1 is 1.27 bits per heavy atom. The van der Waals surface area contributed by atoms with Crippen LogP contribution in [0.25, 0.3) is 0 Å². The van der Waals surface area contributed by atoms with E-state index in [0.717, 1.165) is 18.9 Å². The second kappa shape index (κ2) is 6.14. The molecule has 2 aliphatic rings. The lowest BCUT2D eigenvalue weighted by Crippen LogP contribution is -2.35. The van der Waals surface area contributed by atoms with Crippen molar-refractivity contribution in [3.63, 3.8) is 0 Å². The number of rotatable bonds is 5. The Kier molecular flexibility index (Phi) is 4.38. The molecule has 5 nitrogen and oxygen atoms in total. The minimum absolute atomic E-state index is 0.0686. The van der Waals surface area contributed by atoms with Crippen LogP contribution in [0.4, 0.5) is 10.1 Å². The van der Waals surface area contributed by atoms with E-state index in [1.165, 1.54) is 32.0 Å². The molecule has 3 rings (SSSR count). The van der Waals surface area contributed by atoms with E-state index in [1.807, 2.05) is 0 Å². The molecular formula is C15H21FN2O3S. The Bertz CT molecular complexity index is 646. The summed E-state index contributed by atoms with van der Waals surface area (Å²) in [4.78, 5) is -0.0686. The van der Waals surface area contributed by atoms with E-state index in [1.54, 1.807) is 0 Å². The van der Waals surface area contributed by atoms with Crippen molar-refractivity contribution in [3.8, 4) is 0 Å². The minimum atomic E-state index is -3.62. The molecule has 1 saturated carbocycles. The number of nitrogens with one attached hydrogen (secondary N) is 2. The Hall–Kier alpha value is -1.18. The van der Waals surface area contributed by atoms with Crippen molar-refractivity contribution in [3.05, 3.63) is 24.0 Å². The van der Waals surface area contributed by atoms with Gasteiger partial charge in [-0.2, -0.15) is 0 Å². The Balaban J connectivity index is 1.69. The first-order valence-electron chi connectivity index (χ1n) is 7.61. The maximum absolute atomic E-state index is 14.2. The highest BCUT2D eigenvalue weighted by atomic mass is 32.2. The van der Waals surface area contributed by atoms with Crippen LogP contribution in [0.5, 0.6) is 0 Å². The van der Waals surface area contributed by atoms with Gasteiger partial charge in [0.1, 0.15) is 5.82 Å². The fourth-order valence-corrected chi connectivity index (χ4v) is 3.61. The molecule has 22 heavy (non-hydrogen) atoms. The first kappa shape index (κ1) is 15.7. The smallest absolute Gasteiger partial charge is 0.240 e. The summed E-state index contributed by atoms with van der Waals surface area (Å²) in [6, 6.07) is 4.11. The van der Waals surface area contributed by atoms with Crippen molar-refractivity contribution < 1.29 is 17.5 Å². The first-order chi connectivity index (χ1) is 10.5. The standard InChI is InChI=1S/C15H21FN2O3S/c1-17-22(19,20)12-4-5-14(13(16)9-12)18-11-6-7-21-15(8-11)10-2-3-10/h4-5,9-11,15,17-18H,2-3,6-8H2,1H3. The first-order valence-corrected chi connectivity index (χ1v) is 9.09. The lowest BCUT2D eigenvalue weighted by molar-refractivity contribution is -0.00222. The van der Waals surface area contributed by atoms with Gasteiger partial charge >= 0.3 is 0 Å². The number of ether oxygens (including phenoxy) is 1. The molecule has 2 atom stereocenters. The summed E-state index contributed by atoms with van der Waals surface area (Å²) in [5.41, 5.74) is 0.344. The molecule has 2 fully saturated rings. The van der Waals surface area contributed by atoms with Gasteiger partial charge < -0.3 is 10.1 Å². The monoisotopic (exact) mass is 328 g/mol. The van der Waals surface area contributed by atoms with Gasteiger partial charge in [-0.3, -0.25) is 0 Å². The molecule has 122 valence electrons. The zero-order chi connectivity index (χ0) is 15.7. The molecule has 0 bridgehead atoms. The van der Waals surface area contributed by atoms with Crippen LogP contribution in [0.3, 0.4) is 0 Å². The Labute approximate surface area is 130 Å². The predicted octanol–water partition coefficient (Wildman–Crippen LogP) is 2.10. The third kappa shape index (κ3) is 3.42. The van der Waals surface area contributed by atoms with E-state index in [4.69, 9.17) is 4.74 Å². The van der Waals surface area contributed by atoms with Gasteiger partial charge in [-0.05, 0) is 56.8 Å². The van der Waals surface area contributed by atoms with E-state index < -0.39 is 15.8 Å². The highest BCUT2D eigenvalue weighted by Crippen LogP contribution is 2.38. The van der Waals surface area contributed by atoms with Crippen molar-refractivity contribution >= 4 is 15.7 Å². The third-order valence-corrected chi connectivity index (χ3v) is 5.75. The van der Waals surface area contributed by atoms with Gasteiger partial charge in [-0.1, -0.05) is 0 Å². The van der Waals surface area contributed by atoms with Crippen molar-refractivity contribution in [1.29, 1.82) is 0 Å². The van der Waals surface area contributed by atoms with E-state index in [2.05, 4.69) is 10.0 Å². The van der Waals surface area contributed by atoms with Gasteiger partial charge in [-0.25, -0.2) is 17.5 Å². The number of anilines is 1. The van der Waals surface area contributed by atoms with E-state index in [0.29, 0.717) is 18.2 Å². The maximum Gasteiger partial charge on any atom is 0.240 e. The summed E-state index contributed by atoms with van der Waals surface area (Å²) in [6.45, 7) is 0.687. The van der Waals surface area contributed by atoms with Crippen LogP contribution < -0.4 is 10.0 Å². The van der Waals surface area contributed by atoms with Crippen LogP contribution in [-0.2, 0) is 14.8 Å². The van der Waals surface area contributed by atoms with E-state index in [-0.39, 0.29) is 17.0 Å². The fraction of sp³-hybridized carbons (Fsp3) is 0.600. The van der Waals surface area contributed by atoms with Crippen LogP contribution in [-0.4, -0.2) is 34.2 Å². The molecule has 0 aromatic heterocycles. The molecule has 7 heteroatoms. The molecule has 2 N–H and O–H groups in total. The molecule has 1 saturated heterocycles. The van der Waals surface area contributed by atoms with Crippen molar-refractivity contribution in [1.82, 2.24) is 4.72 Å². The summed E-state index contributed by atoms with van der Waals surface area (Å²) in [5.74, 6) is 0.114. The van der Waals surface area contributed by atoms with Crippen molar-refractivity contribution in [2.75, 3.05) is 19.0 Å². The summed E-state index contributed by atoms with van der Waals surface area (Å²) in [5, 5.41) is 3.19. The molecule has 1 aromatic rings. The molecule has 2 unspecified atom stereocenters. The second-order valence-corrected chi connectivity index (χ2v) is 7.85. The lowest BCUT2D eigenvalue weighted by Gasteiger charge is -2.31. The number of hydrogen-bond acceptors (Lipinski definition) is 4. The molecule has 1 heterocycles. The topological polar surface area (TPSA) is 67.4 Å². The van der Waals surface area contributed by atoms with Gasteiger partial charge in [0.2, 0.25) is 10.0 Å². The molecule has 0 amide bonds. The number of sulfonamides is 1. The highest BCUT2D eigenvalue weighted by Gasteiger charge is 2.36. The fourth-order valence-electron chi connectivity index (χ4n) is 2.87. The van der Waals surface area contributed by atoms with Crippen molar-refractivity contribution in [2.24, 2.45) is 5.92 Å². The largest absolute Gasteiger partial charge is 0.380 e. The molecule has 1 aliphatic heterocycles. The quantitative estimate of drug-likeness (QED) is 0.869. The Morgan fingerprint density at radius 3 is 2.68 bits per heavy atom. The van der Waals surface area contributed by atoms with E-state index in [9.17, 15) is 12.8 Å². The zero-order valence-electron chi connectivity index (χ0n) is 12.5. The maximum atomic E-state index is 14.2. The van der Waals surface area contributed by atoms with Crippen molar-refractivity contribution in [2.45, 2.75) is 42.7 Å². The molecule has 0 spiro atoms. The minimum Gasteiger partial charge on any atom is -0.380 e. The predicted molar refractivity (Wildman–Crippen MR) is 81.8 cm³/mol. The summed E-state index contributed by atoms with van der Waals surface area (Å²) < 4.78 is 45.4. The van der Waals surface area contributed by atoms with Crippen LogP contribution in [0, 0.1) is 11.7 Å². The normalized spacial score (nSPS) is 25.9. The second-order valence-electron chi connectivity index (χ2n) is 5.96. The average molecular weight is 328 g/mol. The zero-order valence-corrected chi connectivity index (χ0v) is 13.3. The summed E-state index contributed by atoms with van der Waals surface area (Å²) >= 11 is 0. The van der Waals surface area contributed by atoms with E-state index >= 15 is 0 Å². The van der Waals surface area contributed by atoms with Crippen LogP contribution in [0.15, 0.2) is 23.1 Å². The number of benzene rings is 1. The van der Waals surface area contributed by atoms with Gasteiger partial charge in [0.05, 0.1) is 16.7 Å². The number of halogens is 1. The van der Waals surface area contributed by atoms with Gasteiger partial charge in [0.15, 0.2) is 0 Å². The third-order valence-electron chi connectivity index (χ3n) is 4.34. The summed E-state index contributed by atoms with van der Waals surface area (Å²) in [6.07, 6.45) is 4.43. The van der Waals surface area contributed by atoms with Crippen LogP contribution >= 0.6 is 0 Å². The molecule has 0 radical (unpaired) electrons. The molecule has 1 aliphatic carbocycles. The van der Waals surface area contributed by atoms with Gasteiger partial charge in [0, 0.05) is 12.6 Å².